The number of hydrogen-bond acceptors (Lipinski definition) is 5. The molecule has 4 rings (SSSR count). The Balaban J connectivity index is 0.00000256. The topological polar surface area (TPSA) is 100 Å². The Kier molecular flexibility index (Phi) is 8.15. The maximum absolute atomic E-state index is 6.06. The predicted octanol–water partition coefficient (Wildman–Crippen LogP) is 3.52. The predicted molar refractivity (Wildman–Crippen MR) is 127 cm³/mol. The monoisotopic (exact) mass is 528 g/mol. The van der Waals surface area contributed by atoms with Gasteiger partial charge in [-0.05, 0) is 38.3 Å². The van der Waals surface area contributed by atoms with Crippen molar-refractivity contribution in [1.82, 2.24) is 25.8 Å². The van der Waals surface area contributed by atoms with Crippen LogP contribution in [0, 0.1) is 5.41 Å². The number of nitrogens with one attached hydrogen (secondary N) is 3. The smallest absolute Gasteiger partial charge is 0.216 e. The van der Waals surface area contributed by atoms with Crippen molar-refractivity contribution in [3.63, 3.8) is 0 Å². The molecular weight excluding hydrogens is 495 g/mol. The van der Waals surface area contributed by atoms with Gasteiger partial charge in [-0.2, -0.15) is 5.10 Å². The summed E-state index contributed by atoms with van der Waals surface area (Å²) in [7, 11) is 1.82. The molecule has 9 heteroatoms. The molecule has 0 bridgehead atoms. The van der Waals surface area contributed by atoms with Gasteiger partial charge >= 0.3 is 0 Å². The van der Waals surface area contributed by atoms with E-state index in [1.807, 2.05) is 19.2 Å². The third-order valence-corrected chi connectivity index (χ3v) is 6.40. The van der Waals surface area contributed by atoms with E-state index in [1.54, 1.807) is 6.26 Å². The summed E-state index contributed by atoms with van der Waals surface area (Å²) in [5.41, 5.74) is 0.273. The van der Waals surface area contributed by atoms with Gasteiger partial charge in [-0.25, -0.2) is 4.98 Å². The van der Waals surface area contributed by atoms with E-state index >= 15 is 0 Å². The van der Waals surface area contributed by atoms with Gasteiger partial charge in [0.15, 0.2) is 11.7 Å². The van der Waals surface area contributed by atoms with E-state index in [9.17, 15) is 0 Å². The van der Waals surface area contributed by atoms with Gasteiger partial charge in [0, 0.05) is 38.1 Å². The summed E-state index contributed by atoms with van der Waals surface area (Å²) >= 11 is 0. The zero-order valence-electron chi connectivity index (χ0n) is 17.8. The van der Waals surface area contributed by atoms with E-state index in [-0.39, 0.29) is 29.4 Å². The standard InChI is InChI=1S/C21H32N6O2.HI/c1-3-28-17-14-16(21(17)10-5-4-6-11-21)24-20(22-2)23-12-9-18-25-19(27-26-18)15-8-7-13-29-15;/h7-8,13,16-17H,3-6,9-12,14H2,1-2H3,(H2,22,23,24)(H,25,26,27);1H. The summed E-state index contributed by atoms with van der Waals surface area (Å²) in [5.74, 6) is 2.93. The van der Waals surface area contributed by atoms with Crippen LogP contribution in [0.5, 0.6) is 0 Å². The molecule has 2 aromatic heterocycles. The number of rotatable bonds is 7. The number of aromatic nitrogens is 3. The summed E-state index contributed by atoms with van der Waals surface area (Å²) in [4.78, 5) is 8.91. The van der Waals surface area contributed by atoms with Gasteiger partial charge in [-0.15, -0.1) is 24.0 Å². The number of ether oxygens (including phenoxy) is 1. The molecule has 1 spiro atoms. The summed E-state index contributed by atoms with van der Waals surface area (Å²) in [6.07, 6.45) is 10.2. The lowest BCUT2D eigenvalue weighted by atomic mass is 9.55. The normalized spacial score (nSPS) is 22.9. The molecule has 2 heterocycles. The van der Waals surface area contributed by atoms with Gasteiger partial charge in [0.05, 0.1) is 12.4 Å². The van der Waals surface area contributed by atoms with Crippen molar-refractivity contribution in [2.75, 3.05) is 20.2 Å². The molecule has 166 valence electrons. The number of guanidine groups is 1. The summed E-state index contributed by atoms with van der Waals surface area (Å²) < 4.78 is 11.4. The molecule has 0 saturated heterocycles. The fourth-order valence-corrected chi connectivity index (χ4v) is 4.85. The quantitative estimate of drug-likeness (QED) is 0.289. The van der Waals surface area contributed by atoms with Crippen molar-refractivity contribution >= 4 is 29.9 Å². The second-order valence-electron chi connectivity index (χ2n) is 8.00. The maximum atomic E-state index is 6.06. The second kappa shape index (κ2) is 10.6. The Labute approximate surface area is 195 Å². The first-order valence-electron chi connectivity index (χ1n) is 10.8. The van der Waals surface area contributed by atoms with Gasteiger partial charge in [0.25, 0.3) is 0 Å². The highest BCUT2D eigenvalue weighted by atomic mass is 127. The minimum absolute atomic E-state index is 0. The highest BCUT2D eigenvalue weighted by molar-refractivity contribution is 14.0. The van der Waals surface area contributed by atoms with Crippen LogP contribution in [0.15, 0.2) is 27.8 Å². The van der Waals surface area contributed by atoms with Crippen LogP contribution < -0.4 is 10.6 Å². The molecule has 0 amide bonds. The average Bonchev–Trinajstić information content (AvgIpc) is 3.44. The number of hydrogen-bond donors (Lipinski definition) is 3. The van der Waals surface area contributed by atoms with E-state index in [0.29, 0.717) is 23.7 Å². The summed E-state index contributed by atoms with van der Waals surface area (Å²) in [6.45, 7) is 3.61. The first kappa shape index (κ1) is 23.1. The van der Waals surface area contributed by atoms with Crippen LogP contribution in [-0.2, 0) is 11.2 Å². The molecule has 0 radical (unpaired) electrons. The third kappa shape index (κ3) is 4.82. The van der Waals surface area contributed by atoms with E-state index in [4.69, 9.17) is 9.15 Å². The van der Waals surface area contributed by atoms with E-state index in [0.717, 1.165) is 37.8 Å². The van der Waals surface area contributed by atoms with Crippen LogP contribution in [-0.4, -0.2) is 53.5 Å². The molecule has 0 aliphatic heterocycles. The Bertz CT molecular complexity index is 800. The molecular formula is C21H33IN6O2. The van der Waals surface area contributed by atoms with E-state index < -0.39 is 0 Å². The highest BCUT2D eigenvalue weighted by Crippen LogP contribution is 2.53. The van der Waals surface area contributed by atoms with Crippen molar-refractivity contribution in [2.45, 2.75) is 64.0 Å². The number of aromatic amines is 1. The van der Waals surface area contributed by atoms with Gasteiger partial charge in [-0.3, -0.25) is 10.1 Å². The lowest BCUT2D eigenvalue weighted by molar-refractivity contribution is -0.145. The fraction of sp³-hybridized carbons (Fsp3) is 0.667. The lowest BCUT2D eigenvalue weighted by Gasteiger charge is -2.57. The van der Waals surface area contributed by atoms with Crippen molar-refractivity contribution in [1.29, 1.82) is 0 Å². The fourth-order valence-electron chi connectivity index (χ4n) is 4.85. The molecule has 2 unspecified atom stereocenters. The zero-order valence-corrected chi connectivity index (χ0v) is 20.1. The SMILES string of the molecule is CCOC1CC(NC(=NC)NCCc2nc(-c3ccco3)n[nH]2)C12CCCCC2.I. The van der Waals surface area contributed by atoms with Crippen LogP contribution in [0.3, 0.4) is 0 Å². The molecule has 2 aliphatic rings. The third-order valence-electron chi connectivity index (χ3n) is 6.40. The molecule has 2 saturated carbocycles. The number of furan rings is 1. The maximum Gasteiger partial charge on any atom is 0.216 e. The van der Waals surface area contributed by atoms with Crippen molar-refractivity contribution < 1.29 is 9.15 Å². The highest BCUT2D eigenvalue weighted by Gasteiger charge is 2.55. The lowest BCUT2D eigenvalue weighted by Crippen LogP contribution is -2.66. The Morgan fingerprint density at radius 2 is 2.20 bits per heavy atom. The molecule has 0 aromatic carbocycles. The van der Waals surface area contributed by atoms with Crippen LogP contribution >= 0.6 is 24.0 Å². The average molecular weight is 528 g/mol. The zero-order chi connectivity index (χ0) is 20.1. The molecule has 2 aromatic rings. The van der Waals surface area contributed by atoms with E-state index in [2.05, 4.69) is 37.7 Å². The Hall–Kier alpha value is -1.62. The molecule has 2 atom stereocenters. The molecule has 3 N–H and O–H groups in total. The number of nitrogens with zero attached hydrogens (tertiary/aromatic N) is 3. The van der Waals surface area contributed by atoms with Crippen molar-refractivity contribution in [3.05, 3.63) is 24.2 Å². The van der Waals surface area contributed by atoms with Crippen LogP contribution in [0.25, 0.3) is 11.6 Å². The van der Waals surface area contributed by atoms with Gasteiger partial charge in [0.2, 0.25) is 5.82 Å². The van der Waals surface area contributed by atoms with E-state index in [1.165, 1.54) is 32.1 Å². The van der Waals surface area contributed by atoms with Crippen molar-refractivity contribution in [3.8, 4) is 11.6 Å². The minimum atomic E-state index is 0. The van der Waals surface area contributed by atoms with Crippen molar-refractivity contribution in [2.24, 2.45) is 10.4 Å². The largest absolute Gasteiger partial charge is 0.461 e. The van der Waals surface area contributed by atoms with Crippen LogP contribution in [0.2, 0.25) is 0 Å². The number of H-pyrrole nitrogens is 1. The summed E-state index contributed by atoms with van der Waals surface area (Å²) in [5, 5.41) is 14.3. The Morgan fingerprint density at radius 1 is 1.37 bits per heavy atom. The first-order chi connectivity index (χ1) is 14.2. The molecule has 2 aliphatic carbocycles. The molecule has 30 heavy (non-hydrogen) atoms. The van der Waals surface area contributed by atoms with Crippen LogP contribution in [0.4, 0.5) is 0 Å². The Morgan fingerprint density at radius 3 is 2.90 bits per heavy atom. The van der Waals surface area contributed by atoms with Gasteiger partial charge in [0.1, 0.15) is 5.82 Å². The number of aliphatic imine (C=N–C) groups is 1. The molecule has 8 nitrogen and oxygen atoms in total. The number of halogens is 1. The van der Waals surface area contributed by atoms with Crippen LogP contribution in [0.1, 0.15) is 51.3 Å². The minimum Gasteiger partial charge on any atom is -0.461 e. The van der Waals surface area contributed by atoms with Gasteiger partial charge < -0.3 is 19.8 Å². The van der Waals surface area contributed by atoms with Gasteiger partial charge in [-0.1, -0.05) is 19.3 Å². The molecule has 2 fully saturated rings. The second-order valence-corrected chi connectivity index (χ2v) is 8.00. The summed E-state index contributed by atoms with van der Waals surface area (Å²) in [6, 6.07) is 4.12. The first-order valence-corrected chi connectivity index (χ1v) is 10.8.